The second kappa shape index (κ2) is 6.16. The molecule has 5 nitrogen and oxygen atoms in total. The summed E-state index contributed by atoms with van der Waals surface area (Å²) in [4.78, 5) is 29.7. The lowest BCUT2D eigenvalue weighted by atomic mass is 10.1. The highest BCUT2D eigenvalue weighted by Gasteiger charge is 2.20. The van der Waals surface area contributed by atoms with Gasteiger partial charge in [-0.3, -0.25) is 14.2 Å². The molecule has 7 heteroatoms. The van der Waals surface area contributed by atoms with Gasteiger partial charge in [0.15, 0.2) is 0 Å². The molecule has 1 amide bonds. The lowest BCUT2D eigenvalue weighted by Gasteiger charge is -2.11. The lowest BCUT2D eigenvalue weighted by Crippen LogP contribution is -2.24. The van der Waals surface area contributed by atoms with Gasteiger partial charge in [0.25, 0.3) is 11.5 Å². The topological polar surface area (TPSA) is 78.0 Å². The fourth-order valence-electron chi connectivity index (χ4n) is 2.75. The molecule has 24 heavy (non-hydrogen) atoms. The van der Waals surface area contributed by atoms with E-state index in [1.807, 2.05) is 31.2 Å². The number of alkyl halides is 1. The molecular formula is C17H16FN3O2S. The summed E-state index contributed by atoms with van der Waals surface area (Å²) in [6.07, 6.45) is 0. The second-order valence-corrected chi connectivity index (χ2v) is 6.55. The fourth-order valence-corrected chi connectivity index (χ4v) is 3.77. The Morgan fingerprint density at radius 2 is 2.12 bits per heavy atom. The van der Waals surface area contributed by atoms with Crippen molar-refractivity contribution in [2.24, 2.45) is 5.73 Å². The Morgan fingerprint density at radius 1 is 1.38 bits per heavy atom. The van der Waals surface area contributed by atoms with Gasteiger partial charge in [0.2, 0.25) is 0 Å². The number of thiophene rings is 1. The number of hydrogen-bond acceptors (Lipinski definition) is 4. The van der Waals surface area contributed by atoms with Crippen molar-refractivity contribution in [1.82, 2.24) is 9.55 Å². The quantitative estimate of drug-likeness (QED) is 0.790. The molecule has 0 unspecified atom stereocenters. The molecule has 0 saturated carbocycles. The van der Waals surface area contributed by atoms with Gasteiger partial charge in [-0.1, -0.05) is 23.8 Å². The average Bonchev–Trinajstić information content (AvgIpc) is 2.87. The van der Waals surface area contributed by atoms with E-state index in [-0.39, 0.29) is 12.1 Å². The molecule has 0 radical (unpaired) electrons. The van der Waals surface area contributed by atoms with Gasteiger partial charge >= 0.3 is 0 Å². The van der Waals surface area contributed by atoms with Gasteiger partial charge < -0.3 is 5.73 Å². The summed E-state index contributed by atoms with van der Waals surface area (Å²) in [7, 11) is 0. The van der Waals surface area contributed by atoms with Crippen LogP contribution in [0.3, 0.4) is 0 Å². The SMILES string of the molecule is Cc1cccc(-c2nc3sc(C(N)=O)c(C)c3c(=O)n2CCF)c1. The zero-order valence-electron chi connectivity index (χ0n) is 13.3. The minimum atomic E-state index is -0.683. The first-order valence-electron chi connectivity index (χ1n) is 7.40. The van der Waals surface area contributed by atoms with Crippen LogP contribution in [0.5, 0.6) is 0 Å². The van der Waals surface area contributed by atoms with Crippen molar-refractivity contribution in [1.29, 1.82) is 0 Å². The molecule has 0 bridgehead atoms. The molecule has 124 valence electrons. The van der Waals surface area contributed by atoms with Crippen molar-refractivity contribution in [3.05, 3.63) is 50.6 Å². The number of halogens is 1. The van der Waals surface area contributed by atoms with Crippen LogP contribution in [-0.4, -0.2) is 22.1 Å². The minimum absolute atomic E-state index is 0.0910. The van der Waals surface area contributed by atoms with Crippen molar-refractivity contribution in [2.45, 2.75) is 20.4 Å². The zero-order valence-corrected chi connectivity index (χ0v) is 14.1. The van der Waals surface area contributed by atoms with Gasteiger partial charge in [-0.15, -0.1) is 11.3 Å². The van der Waals surface area contributed by atoms with Crippen molar-refractivity contribution in [3.8, 4) is 11.4 Å². The highest BCUT2D eigenvalue weighted by Crippen LogP contribution is 2.29. The Morgan fingerprint density at radius 3 is 2.75 bits per heavy atom. The van der Waals surface area contributed by atoms with Crippen LogP contribution in [0, 0.1) is 13.8 Å². The normalized spacial score (nSPS) is 11.1. The summed E-state index contributed by atoms with van der Waals surface area (Å²) in [5.41, 5.74) is 7.26. The molecule has 0 aliphatic heterocycles. The number of rotatable bonds is 4. The zero-order chi connectivity index (χ0) is 17.4. The minimum Gasteiger partial charge on any atom is -0.365 e. The molecule has 1 aromatic carbocycles. The first-order chi connectivity index (χ1) is 11.4. The van der Waals surface area contributed by atoms with E-state index < -0.39 is 12.6 Å². The highest BCUT2D eigenvalue weighted by molar-refractivity contribution is 7.20. The third-order valence-electron chi connectivity index (χ3n) is 3.86. The predicted octanol–water partition coefficient (Wildman–Crippen LogP) is 2.81. The van der Waals surface area contributed by atoms with E-state index in [9.17, 15) is 14.0 Å². The molecule has 0 saturated heterocycles. The number of nitrogens with zero attached hydrogens (tertiary/aromatic N) is 2. The van der Waals surface area contributed by atoms with Crippen LogP contribution >= 0.6 is 11.3 Å². The van der Waals surface area contributed by atoms with E-state index in [0.717, 1.165) is 22.5 Å². The Hall–Kier alpha value is -2.54. The van der Waals surface area contributed by atoms with Gasteiger partial charge in [-0.2, -0.15) is 0 Å². The molecule has 0 aliphatic carbocycles. The molecule has 2 N–H and O–H groups in total. The number of carbonyl (C=O) groups excluding carboxylic acids is 1. The van der Waals surface area contributed by atoms with Crippen LogP contribution in [0.4, 0.5) is 4.39 Å². The number of amides is 1. The highest BCUT2D eigenvalue weighted by atomic mass is 32.1. The molecular weight excluding hydrogens is 329 g/mol. The number of fused-ring (bicyclic) bond motifs is 1. The Kier molecular flexibility index (Phi) is 4.19. The summed E-state index contributed by atoms with van der Waals surface area (Å²) >= 11 is 1.09. The van der Waals surface area contributed by atoms with E-state index in [2.05, 4.69) is 4.98 Å². The Labute approximate surface area is 141 Å². The number of aromatic nitrogens is 2. The maximum Gasteiger partial charge on any atom is 0.262 e. The smallest absolute Gasteiger partial charge is 0.262 e. The van der Waals surface area contributed by atoms with Gasteiger partial charge in [-0.05, 0) is 25.5 Å². The monoisotopic (exact) mass is 345 g/mol. The van der Waals surface area contributed by atoms with Gasteiger partial charge in [-0.25, -0.2) is 9.37 Å². The largest absolute Gasteiger partial charge is 0.365 e. The van der Waals surface area contributed by atoms with Crippen molar-refractivity contribution >= 4 is 27.5 Å². The number of hydrogen-bond donors (Lipinski definition) is 1. The van der Waals surface area contributed by atoms with E-state index in [1.54, 1.807) is 6.92 Å². The second-order valence-electron chi connectivity index (χ2n) is 5.55. The maximum atomic E-state index is 13.0. The average molecular weight is 345 g/mol. The van der Waals surface area contributed by atoms with E-state index in [1.165, 1.54) is 4.57 Å². The predicted molar refractivity (Wildman–Crippen MR) is 93.3 cm³/mol. The van der Waals surface area contributed by atoms with Crippen molar-refractivity contribution < 1.29 is 9.18 Å². The van der Waals surface area contributed by atoms with Gasteiger partial charge in [0.1, 0.15) is 17.3 Å². The molecule has 2 heterocycles. The van der Waals surface area contributed by atoms with Crippen LogP contribution in [0.2, 0.25) is 0 Å². The van der Waals surface area contributed by atoms with Gasteiger partial charge in [0.05, 0.1) is 16.8 Å². The number of carbonyl (C=O) groups is 1. The third-order valence-corrected chi connectivity index (χ3v) is 5.06. The molecule has 0 fully saturated rings. The van der Waals surface area contributed by atoms with Crippen LogP contribution in [0.1, 0.15) is 20.8 Å². The number of aryl methyl sites for hydroxylation is 2. The van der Waals surface area contributed by atoms with E-state index in [4.69, 9.17) is 5.73 Å². The number of primary amides is 1. The molecule has 0 atom stereocenters. The van der Waals surface area contributed by atoms with Crippen LogP contribution in [0.25, 0.3) is 21.6 Å². The summed E-state index contributed by atoms with van der Waals surface area (Å²) < 4.78 is 14.3. The van der Waals surface area contributed by atoms with E-state index in [0.29, 0.717) is 26.5 Å². The summed E-state index contributed by atoms with van der Waals surface area (Å²) in [5.74, 6) is -0.199. The molecule has 3 aromatic rings. The van der Waals surface area contributed by atoms with Gasteiger partial charge in [0, 0.05) is 5.56 Å². The van der Waals surface area contributed by atoms with E-state index >= 15 is 0 Å². The first kappa shape index (κ1) is 16.3. The van der Waals surface area contributed by atoms with Crippen molar-refractivity contribution in [2.75, 3.05) is 6.67 Å². The maximum absolute atomic E-state index is 13.0. The van der Waals surface area contributed by atoms with Crippen LogP contribution in [-0.2, 0) is 6.54 Å². The lowest BCUT2D eigenvalue weighted by molar-refractivity contribution is 0.100. The Balaban J connectivity index is 2.39. The van der Waals surface area contributed by atoms with Crippen molar-refractivity contribution in [3.63, 3.8) is 0 Å². The molecule has 0 aliphatic rings. The van der Waals surface area contributed by atoms with Crippen LogP contribution in [0.15, 0.2) is 29.1 Å². The molecule has 0 spiro atoms. The number of benzene rings is 1. The standard InChI is InChI=1S/C17H16FN3O2S/c1-9-4-3-5-11(8-9)15-20-16-12(17(23)21(15)7-6-18)10(2)13(24-16)14(19)22/h3-5,8H,6-7H2,1-2H3,(H2,19,22). The third kappa shape index (κ3) is 2.60. The molecule has 2 aromatic heterocycles. The first-order valence-corrected chi connectivity index (χ1v) is 8.22. The summed E-state index contributed by atoms with van der Waals surface area (Å²) in [5, 5.41) is 0.332. The molecule has 3 rings (SSSR count). The van der Waals surface area contributed by atoms with Crippen LogP contribution < -0.4 is 11.3 Å². The number of nitrogens with two attached hydrogens (primary N) is 1. The fraction of sp³-hybridized carbons (Fsp3) is 0.235. The Bertz CT molecular complexity index is 1010. The summed E-state index contributed by atoms with van der Waals surface area (Å²) in [6, 6.07) is 7.50. The summed E-state index contributed by atoms with van der Waals surface area (Å²) in [6.45, 7) is 2.82.